The molecule has 2 amide bonds. The molecular formula is C26H31Cl3FN3O4S. The molecule has 3 rings (SSSR count). The van der Waals surface area contributed by atoms with Gasteiger partial charge in [0.2, 0.25) is 21.8 Å². The predicted molar refractivity (Wildman–Crippen MR) is 150 cm³/mol. The van der Waals surface area contributed by atoms with Crippen LogP contribution in [0.5, 0.6) is 0 Å². The first kappa shape index (κ1) is 30.5. The van der Waals surface area contributed by atoms with Crippen molar-refractivity contribution in [1.29, 1.82) is 0 Å². The van der Waals surface area contributed by atoms with Crippen LogP contribution in [0.4, 0.5) is 10.1 Å². The Morgan fingerprint density at radius 3 is 2.24 bits per heavy atom. The van der Waals surface area contributed by atoms with E-state index in [0.29, 0.717) is 15.6 Å². The second-order valence-electron chi connectivity index (χ2n) is 9.36. The summed E-state index contributed by atoms with van der Waals surface area (Å²) in [5.41, 5.74) is 0.450. The van der Waals surface area contributed by atoms with Gasteiger partial charge in [0.1, 0.15) is 18.4 Å². The van der Waals surface area contributed by atoms with Crippen LogP contribution in [0.1, 0.15) is 51.0 Å². The van der Waals surface area contributed by atoms with Gasteiger partial charge in [-0.05, 0) is 49.6 Å². The lowest BCUT2D eigenvalue weighted by molar-refractivity contribution is -0.140. The monoisotopic (exact) mass is 605 g/mol. The second kappa shape index (κ2) is 13.3. The Hall–Kier alpha value is -2.07. The van der Waals surface area contributed by atoms with Crippen LogP contribution in [-0.2, 0) is 26.2 Å². The van der Waals surface area contributed by atoms with E-state index in [1.165, 1.54) is 11.0 Å². The fraction of sp³-hybridized carbons (Fsp3) is 0.462. The van der Waals surface area contributed by atoms with Crippen molar-refractivity contribution in [3.63, 3.8) is 0 Å². The molecule has 2 aromatic rings. The van der Waals surface area contributed by atoms with E-state index >= 15 is 0 Å². The van der Waals surface area contributed by atoms with E-state index in [4.69, 9.17) is 34.8 Å². The molecular weight excluding hydrogens is 576 g/mol. The van der Waals surface area contributed by atoms with Crippen molar-refractivity contribution in [2.24, 2.45) is 0 Å². The van der Waals surface area contributed by atoms with Gasteiger partial charge in [-0.25, -0.2) is 12.8 Å². The van der Waals surface area contributed by atoms with E-state index < -0.39 is 34.3 Å². The highest BCUT2D eigenvalue weighted by molar-refractivity contribution is 7.92. The zero-order valence-corrected chi connectivity index (χ0v) is 24.3. The van der Waals surface area contributed by atoms with Crippen molar-refractivity contribution >= 4 is 62.3 Å². The Morgan fingerprint density at radius 1 is 1.05 bits per heavy atom. The van der Waals surface area contributed by atoms with Gasteiger partial charge >= 0.3 is 0 Å². The Kier molecular flexibility index (Phi) is 10.7. The molecule has 1 aliphatic carbocycles. The molecule has 0 spiro atoms. The topological polar surface area (TPSA) is 86.8 Å². The van der Waals surface area contributed by atoms with Crippen LogP contribution in [0.2, 0.25) is 15.1 Å². The third-order valence-corrected chi connectivity index (χ3v) is 8.74. The highest BCUT2D eigenvalue weighted by atomic mass is 35.5. The molecule has 2 aromatic carbocycles. The summed E-state index contributed by atoms with van der Waals surface area (Å²) in [7, 11) is -3.99. The number of carbonyl (C=O) groups excluding carboxylic acids is 2. The molecule has 1 unspecified atom stereocenters. The Morgan fingerprint density at radius 2 is 1.68 bits per heavy atom. The number of hydrogen-bond acceptors (Lipinski definition) is 4. The van der Waals surface area contributed by atoms with Crippen LogP contribution in [-0.4, -0.2) is 50.0 Å². The van der Waals surface area contributed by atoms with E-state index in [1.54, 1.807) is 25.1 Å². The van der Waals surface area contributed by atoms with Gasteiger partial charge in [0.15, 0.2) is 0 Å². The van der Waals surface area contributed by atoms with Gasteiger partial charge < -0.3 is 10.2 Å². The average Bonchev–Trinajstić information content (AvgIpc) is 2.85. The first-order valence-corrected chi connectivity index (χ1v) is 15.4. The fourth-order valence-electron chi connectivity index (χ4n) is 4.57. The molecule has 1 fully saturated rings. The maximum absolute atomic E-state index is 13.8. The lowest BCUT2D eigenvalue weighted by Gasteiger charge is -2.34. The van der Waals surface area contributed by atoms with Crippen molar-refractivity contribution in [1.82, 2.24) is 10.2 Å². The summed E-state index contributed by atoms with van der Waals surface area (Å²) in [6, 6.07) is 7.39. The van der Waals surface area contributed by atoms with Gasteiger partial charge in [-0.3, -0.25) is 13.9 Å². The third-order valence-electron chi connectivity index (χ3n) is 6.60. The van der Waals surface area contributed by atoms with Gasteiger partial charge in [0.25, 0.3) is 0 Å². The van der Waals surface area contributed by atoms with Crippen LogP contribution in [0.3, 0.4) is 0 Å². The Bertz CT molecular complexity index is 1250. The molecule has 7 nitrogen and oxygen atoms in total. The molecule has 0 saturated heterocycles. The average molecular weight is 607 g/mol. The van der Waals surface area contributed by atoms with E-state index in [0.717, 1.165) is 54.8 Å². The van der Waals surface area contributed by atoms with Crippen LogP contribution >= 0.6 is 34.8 Å². The second-order valence-corrected chi connectivity index (χ2v) is 12.5. The van der Waals surface area contributed by atoms with E-state index in [-0.39, 0.29) is 35.6 Å². The summed E-state index contributed by atoms with van der Waals surface area (Å²) in [6.45, 7) is 1.01. The normalized spacial score (nSPS) is 15.1. The molecule has 1 atom stereocenters. The predicted octanol–water partition coefficient (Wildman–Crippen LogP) is 5.81. The molecule has 0 bridgehead atoms. The van der Waals surface area contributed by atoms with Crippen LogP contribution in [0, 0.1) is 5.82 Å². The van der Waals surface area contributed by atoms with E-state index in [1.807, 2.05) is 0 Å². The first-order chi connectivity index (χ1) is 17.9. The first-order valence-electron chi connectivity index (χ1n) is 12.4. The van der Waals surface area contributed by atoms with Crippen molar-refractivity contribution in [2.45, 2.75) is 64.1 Å². The number of rotatable bonds is 10. The summed E-state index contributed by atoms with van der Waals surface area (Å²) in [6.07, 6.45) is 6.08. The molecule has 1 saturated carbocycles. The van der Waals surface area contributed by atoms with Gasteiger partial charge in [-0.15, -0.1) is 0 Å². The molecule has 0 aliphatic heterocycles. The van der Waals surface area contributed by atoms with Gasteiger partial charge in [0, 0.05) is 28.2 Å². The lowest BCUT2D eigenvalue weighted by atomic mass is 9.95. The number of carbonyl (C=O) groups is 2. The molecule has 38 heavy (non-hydrogen) atoms. The molecule has 1 aliphatic rings. The van der Waals surface area contributed by atoms with Crippen LogP contribution in [0.25, 0.3) is 0 Å². The molecule has 12 heteroatoms. The van der Waals surface area contributed by atoms with Gasteiger partial charge in [-0.1, -0.05) is 67.1 Å². The summed E-state index contributed by atoms with van der Waals surface area (Å²) in [5.74, 6) is -1.71. The Balaban J connectivity index is 1.97. The minimum absolute atomic E-state index is 0.0139. The zero-order valence-electron chi connectivity index (χ0n) is 21.2. The van der Waals surface area contributed by atoms with Crippen LogP contribution in [0.15, 0.2) is 36.4 Å². The zero-order chi connectivity index (χ0) is 28.0. The minimum atomic E-state index is -3.99. The maximum Gasteiger partial charge on any atom is 0.244 e. The highest BCUT2D eigenvalue weighted by Crippen LogP contribution is 2.29. The number of halogens is 4. The van der Waals surface area contributed by atoms with Crippen LogP contribution < -0.4 is 9.62 Å². The number of nitrogens with zero attached hydrogens (tertiary/aromatic N) is 2. The standard InChI is InChI=1S/C26H31Cl3FN3O4S/c1-3-24(26(35)31-17-8-5-4-6-9-17)32(15-19-20(27)10-7-11-21(19)28)25(34)16-33(38(2,36)37)18-12-13-23(30)22(29)14-18/h7,10-14,17,24H,3-6,8-9,15-16H2,1-2H3,(H,31,35). The quantitative estimate of drug-likeness (QED) is 0.370. The summed E-state index contributed by atoms with van der Waals surface area (Å²) in [5, 5.41) is 3.39. The minimum Gasteiger partial charge on any atom is -0.352 e. The van der Waals surface area contributed by atoms with Crippen molar-refractivity contribution in [3.05, 3.63) is 62.8 Å². The fourth-order valence-corrected chi connectivity index (χ4v) is 6.10. The van der Waals surface area contributed by atoms with E-state index in [2.05, 4.69) is 5.32 Å². The molecule has 1 N–H and O–H groups in total. The Labute approximate surface area is 238 Å². The number of nitrogens with one attached hydrogen (secondary N) is 1. The van der Waals surface area contributed by atoms with Crippen molar-refractivity contribution < 1.29 is 22.4 Å². The number of sulfonamides is 1. The van der Waals surface area contributed by atoms with Crippen molar-refractivity contribution in [3.8, 4) is 0 Å². The molecule has 0 aromatic heterocycles. The highest BCUT2D eigenvalue weighted by Gasteiger charge is 2.33. The van der Waals surface area contributed by atoms with E-state index in [9.17, 15) is 22.4 Å². The SMILES string of the molecule is CCC(C(=O)NC1CCCCC1)N(Cc1c(Cl)cccc1Cl)C(=O)CN(c1ccc(F)c(Cl)c1)S(C)(=O)=O. The number of benzene rings is 2. The summed E-state index contributed by atoms with van der Waals surface area (Å²) >= 11 is 18.7. The number of amides is 2. The summed E-state index contributed by atoms with van der Waals surface area (Å²) < 4.78 is 40.0. The lowest BCUT2D eigenvalue weighted by Crippen LogP contribution is -2.54. The summed E-state index contributed by atoms with van der Waals surface area (Å²) in [4.78, 5) is 28.5. The number of hydrogen-bond donors (Lipinski definition) is 1. The largest absolute Gasteiger partial charge is 0.352 e. The number of anilines is 1. The third kappa shape index (κ3) is 7.74. The van der Waals surface area contributed by atoms with Crippen molar-refractivity contribution in [2.75, 3.05) is 17.1 Å². The smallest absolute Gasteiger partial charge is 0.244 e. The van der Waals surface area contributed by atoms with Gasteiger partial charge in [-0.2, -0.15) is 0 Å². The van der Waals surface area contributed by atoms with Gasteiger partial charge in [0.05, 0.1) is 17.0 Å². The molecule has 0 radical (unpaired) electrons. The molecule has 208 valence electrons. The molecule has 0 heterocycles. The maximum atomic E-state index is 13.8.